The Morgan fingerprint density at radius 1 is 1.14 bits per heavy atom. The normalized spacial score (nSPS) is 10.9. The van der Waals surface area contributed by atoms with Crippen LogP contribution in [0.5, 0.6) is 0 Å². The zero-order valence-electron chi connectivity index (χ0n) is 12.1. The predicted octanol–water partition coefficient (Wildman–Crippen LogP) is 2.73. The molecule has 0 amide bonds. The Morgan fingerprint density at radius 2 is 1.95 bits per heavy atom. The van der Waals surface area contributed by atoms with Crippen LogP contribution in [-0.4, -0.2) is 21.1 Å². The summed E-state index contributed by atoms with van der Waals surface area (Å²) in [5, 5.41) is 4.18. The maximum absolute atomic E-state index is 5.74. The molecule has 0 saturated carbocycles. The number of fused-ring (bicyclic) bond motifs is 1. The molecular weight excluding hydrogens is 262 g/mol. The van der Waals surface area contributed by atoms with Crippen molar-refractivity contribution in [3.8, 4) is 0 Å². The van der Waals surface area contributed by atoms with Crippen molar-refractivity contribution in [3.05, 3.63) is 54.4 Å². The third-order valence-corrected chi connectivity index (χ3v) is 3.41. The fourth-order valence-corrected chi connectivity index (χ4v) is 2.37. The van der Waals surface area contributed by atoms with Gasteiger partial charge in [-0.1, -0.05) is 19.1 Å². The van der Waals surface area contributed by atoms with Crippen LogP contribution in [0, 0.1) is 0 Å². The molecule has 0 bridgehead atoms. The summed E-state index contributed by atoms with van der Waals surface area (Å²) in [6, 6.07) is 11.9. The van der Waals surface area contributed by atoms with E-state index in [4.69, 9.17) is 5.73 Å². The SMILES string of the molecule is CCCN(Cc1ccc(N)cc1)c1ccn2nccc2n1. The molecule has 0 radical (unpaired) electrons. The van der Waals surface area contributed by atoms with Crippen LogP contribution in [0.25, 0.3) is 5.65 Å². The van der Waals surface area contributed by atoms with Crippen molar-refractivity contribution in [3.63, 3.8) is 0 Å². The third kappa shape index (κ3) is 2.97. The summed E-state index contributed by atoms with van der Waals surface area (Å²) in [6.45, 7) is 3.96. The topological polar surface area (TPSA) is 59.5 Å². The number of aromatic nitrogens is 3. The van der Waals surface area contributed by atoms with E-state index in [1.165, 1.54) is 5.56 Å². The highest BCUT2D eigenvalue weighted by molar-refractivity contribution is 5.48. The van der Waals surface area contributed by atoms with E-state index in [2.05, 4.69) is 34.0 Å². The Kier molecular flexibility index (Phi) is 3.73. The van der Waals surface area contributed by atoms with Crippen LogP contribution >= 0.6 is 0 Å². The lowest BCUT2D eigenvalue weighted by Crippen LogP contribution is -2.24. The number of nitrogens with two attached hydrogens (primary N) is 1. The second-order valence-electron chi connectivity index (χ2n) is 5.08. The Morgan fingerprint density at radius 3 is 2.71 bits per heavy atom. The zero-order chi connectivity index (χ0) is 14.7. The van der Waals surface area contributed by atoms with Gasteiger partial charge in [-0.2, -0.15) is 5.10 Å². The number of nitrogen functional groups attached to an aromatic ring is 1. The Hall–Kier alpha value is -2.56. The molecule has 5 heteroatoms. The summed E-state index contributed by atoms with van der Waals surface area (Å²) in [7, 11) is 0. The Balaban J connectivity index is 1.87. The van der Waals surface area contributed by atoms with Crippen LogP contribution < -0.4 is 10.6 Å². The van der Waals surface area contributed by atoms with Crippen LogP contribution in [0.4, 0.5) is 11.5 Å². The van der Waals surface area contributed by atoms with E-state index in [1.54, 1.807) is 10.7 Å². The fraction of sp³-hybridized carbons (Fsp3) is 0.250. The maximum atomic E-state index is 5.74. The molecule has 0 saturated heterocycles. The van der Waals surface area contributed by atoms with Gasteiger partial charge in [-0.25, -0.2) is 9.50 Å². The van der Waals surface area contributed by atoms with E-state index in [1.807, 2.05) is 30.5 Å². The lowest BCUT2D eigenvalue weighted by atomic mass is 10.2. The van der Waals surface area contributed by atoms with E-state index in [-0.39, 0.29) is 0 Å². The van der Waals surface area contributed by atoms with Crippen LogP contribution in [0.3, 0.4) is 0 Å². The average molecular weight is 281 g/mol. The van der Waals surface area contributed by atoms with Crippen LogP contribution in [0.1, 0.15) is 18.9 Å². The first-order chi connectivity index (χ1) is 10.3. The average Bonchev–Trinajstić information content (AvgIpc) is 2.96. The molecule has 21 heavy (non-hydrogen) atoms. The van der Waals surface area contributed by atoms with E-state index in [9.17, 15) is 0 Å². The standard InChI is InChI=1S/C16H19N5/c1-2-10-20(12-13-3-5-14(17)6-4-13)15-8-11-21-16(19-15)7-9-18-21/h3-9,11H,2,10,12,17H2,1H3. The summed E-state index contributed by atoms with van der Waals surface area (Å²) in [4.78, 5) is 6.95. The molecule has 3 rings (SSSR count). The van der Waals surface area contributed by atoms with Crippen molar-refractivity contribution < 1.29 is 0 Å². The minimum absolute atomic E-state index is 0.791. The minimum atomic E-state index is 0.791. The Bertz CT molecular complexity index is 717. The second kappa shape index (κ2) is 5.83. The third-order valence-electron chi connectivity index (χ3n) is 3.41. The number of anilines is 2. The smallest absolute Gasteiger partial charge is 0.157 e. The highest BCUT2D eigenvalue weighted by Gasteiger charge is 2.09. The van der Waals surface area contributed by atoms with Gasteiger partial charge in [-0.05, 0) is 30.2 Å². The molecule has 0 unspecified atom stereocenters. The first-order valence-corrected chi connectivity index (χ1v) is 7.16. The van der Waals surface area contributed by atoms with Crippen LogP contribution in [-0.2, 0) is 6.54 Å². The minimum Gasteiger partial charge on any atom is -0.399 e. The van der Waals surface area contributed by atoms with Gasteiger partial charge >= 0.3 is 0 Å². The molecule has 0 fully saturated rings. The number of rotatable bonds is 5. The van der Waals surface area contributed by atoms with E-state index in [0.717, 1.165) is 36.7 Å². The van der Waals surface area contributed by atoms with Gasteiger partial charge in [0.05, 0.1) is 6.20 Å². The molecule has 2 N–H and O–H groups in total. The molecule has 0 atom stereocenters. The van der Waals surface area contributed by atoms with Crippen molar-refractivity contribution in [1.82, 2.24) is 14.6 Å². The maximum Gasteiger partial charge on any atom is 0.157 e. The molecule has 0 spiro atoms. The highest BCUT2D eigenvalue weighted by Crippen LogP contribution is 2.17. The van der Waals surface area contributed by atoms with Gasteiger partial charge in [0.15, 0.2) is 5.65 Å². The van der Waals surface area contributed by atoms with Crippen molar-refractivity contribution in [1.29, 1.82) is 0 Å². The van der Waals surface area contributed by atoms with Crippen LogP contribution in [0.2, 0.25) is 0 Å². The molecule has 108 valence electrons. The van der Waals surface area contributed by atoms with Gasteiger partial charge in [0.1, 0.15) is 5.82 Å². The van der Waals surface area contributed by atoms with Crippen molar-refractivity contribution >= 4 is 17.2 Å². The largest absolute Gasteiger partial charge is 0.399 e. The highest BCUT2D eigenvalue weighted by atomic mass is 15.3. The summed E-state index contributed by atoms with van der Waals surface area (Å²) < 4.78 is 1.77. The summed E-state index contributed by atoms with van der Waals surface area (Å²) in [6.07, 6.45) is 4.78. The molecular formula is C16H19N5. The predicted molar refractivity (Wildman–Crippen MR) is 85.2 cm³/mol. The first-order valence-electron chi connectivity index (χ1n) is 7.16. The van der Waals surface area contributed by atoms with Gasteiger partial charge in [0.2, 0.25) is 0 Å². The molecule has 2 aromatic heterocycles. The molecule has 0 aliphatic heterocycles. The van der Waals surface area contributed by atoms with E-state index in [0.29, 0.717) is 0 Å². The number of hydrogen-bond donors (Lipinski definition) is 1. The summed E-state index contributed by atoms with van der Waals surface area (Å²) in [5.74, 6) is 0.974. The van der Waals surface area contributed by atoms with Gasteiger partial charge in [-0.3, -0.25) is 0 Å². The first kappa shape index (κ1) is 13.4. The lowest BCUT2D eigenvalue weighted by Gasteiger charge is -2.23. The summed E-state index contributed by atoms with van der Waals surface area (Å²) in [5.41, 5.74) is 8.63. The summed E-state index contributed by atoms with van der Waals surface area (Å²) >= 11 is 0. The molecule has 0 aliphatic carbocycles. The van der Waals surface area contributed by atoms with Gasteiger partial charge < -0.3 is 10.6 Å². The van der Waals surface area contributed by atoms with Crippen LogP contribution in [0.15, 0.2) is 48.8 Å². The van der Waals surface area contributed by atoms with Crippen molar-refractivity contribution in [2.45, 2.75) is 19.9 Å². The number of nitrogens with zero attached hydrogens (tertiary/aromatic N) is 4. The van der Waals surface area contributed by atoms with Gasteiger partial charge in [0.25, 0.3) is 0 Å². The van der Waals surface area contributed by atoms with Crippen molar-refractivity contribution in [2.75, 3.05) is 17.2 Å². The van der Waals surface area contributed by atoms with Gasteiger partial charge in [0, 0.05) is 31.0 Å². The zero-order valence-corrected chi connectivity index (χ0v) is 12.1. The molecule has 1 aromatic carbocycles. The number of hydrogen-bond acceptors (Lipinski definition) is 4. The molecule has 3 aromatic rings. The van der Waals surface area contributed by atoms with E-state index < -0.39 is 0 Å². The van der Waals surface area contributed by atoms with E-state index >= 15 is 0 Å². The second-order valence-corrected chi connectivity index (χ2v) is 5.08. The molecule has 0 aliphatic rings. The molecule has 5 nitrogen and oxygen atoms in total. The van der Waals surface area contributed by atoms with Gasteiger partial charge in [-0.15, -0.1) is 0 Å². The quantitative estimate of drug-likeness (QED) is 0.731. The van der Waals surface area contributed by atoms with Crippen molar-refractivity contribution in [2.24, 2.45) is 0 Å². The number of benzene rings is 1. The molecule has 2 heterocycles. The monoisotopic (exact) mass is 281 g/mol. The Labute approximate surface area is 124 Å². The fourth-order valence-electron chi connectivity index (χ4n) is 2.37. The lowest BCUT2D eigenvalue weighted by molar-refractivity contribution is 0.752.